The first-order valence-electron chi connectivity index (χ1n) is 15.6. The summed E-state index contributed by atoms with van der Waals surface area (Å²) in [5, 5.41) is 13.6. The van der Waals surface area contributed by atoms with Gasteiger partial charge in [0.1, 0.15) is 11.8 Å². The van der Waals surface area contributed by atoms with E-state index in [9.17, 15) is 14.7 Å². The average Bonchev–Trinajstić information content (AvgIpc) is 2.92. The van der Waals surface area contributed by atoms with E-state index in [2.05, 4.69) is 10.1 Å². The highest BCUT2D eigenvalue weighted by molar-refractivity contribution is 6.00. The van der Waals surface area contributed by atoms with Crippen molar-refractivity contribution in [1.82, 2.24) is 14.5 Å². The molecule has 6 rings (SSSR count). The highest BCUT2D eigenvalue weighted by Gasteiger charge is 2.45. The first-order chi connectivity index (χ1) is 19.4. The summed E-state index contributed by atoms with van der Waals surface area (Å²) in [5.41, 5.74) is 1.93. The molecule has 2 saturated carbocycles. The molecule has 1 aromatic heterocycles. The molecule has 0 radical (unpaired) electrons. The van der Waals surface area contributed by atoms with Crippen molar-refractivity contribution in [1.29, 1.82) is 0 Å². The Morgan fingerprint density at radius 3 is 2.30 bits per heavy atom. The first-order valence-corrected chi connectivity index (χ1v) is 15.6. The van der Waals surface area contributed by atoms with Gasteiger partial charge in [0.15, 0.2) is 5.69 Å². The number of para-hydroxylation sites is 2. The van der Waals surface area contributed by atoms with Crippen molar-refractivity contribution < 1.29 is 14.7 Å². The Labute approximate surface area is 236 Å². The van der Waals surface area contributed by atoms with Crippen LogP contribution < -0.4 is 5.56 Å². The van der Waals surface area contributed by atoms with Gasteiger partial charge in [-0.2, -0.15) is 0 Å². The van der Waals surface area contributed by atoms with Crippen LogP contribution in [-0.2, 0) is 9.63 Å². The number of aliphatic carboxylic acids is 1. The van der Waals surface area contributed by atoms with Crippen LogP contribution in [0.5, 0.6) is 0 Å². The molecule has 4 aliphatic rings. The number of carboxylic acids is 1. The van der Waals surface area contributed by atoms with E-state index in [4.69, 9.17) is 9.82 Å². The average molecular weight is 549 g/mol. The normalized spacial score (nSPS) is 30.9. The van der Waals surface area contributed by atoms with Gasteiger partial charge in [-0.3, -0.25) is 14.5 Å². The van der Waals surface area contributed by atoms with Gasteiger partial charge in [0.2, 0.25) is 0 Å². The molecule has 0 spiro atoms. The lowest BCUT2D eigenvalue weighted by Gasteiger charge is -2.55. The summed E-state index contributed by atoms with van der Waals surface area (Å²) in [6, 6.07) is 9.63. The van der Waals surface area contributed by atoms with Gasteiger partial charge in [0.25, 0.3) is 5.56 Å². The van der Waals surface area contributed by atoms with Gasteiger partial charge in [-0.15, -0.1) is 0 Å². The van der Waals surface area contributed by atoms with E-state index >= 15 is 0 Å². The number of fused-ring (bicyclic) bond motifs is 5. The Hall–Kier alpha value is -2.74. The van der Waals surface area contributed by atoms with Crippen molar-refractivity contribution in [2.75, 3.05) is 0 Å². The third-order valence-corrected chi connectivity index (χ3v) is 9.91. The second-order valence-corrected chi connectivity index (χ2v) is 13.0. The predicted molar refractivity (Wildman–Crippen MR) is 156 cm³/mol. The van der Waals surface area contributed by atoms with Crippen LogP contribution in [0.3, 0.4) is 0 Å². The van der Waals surface area contributed by atoms with E-state index in [0.717, 1.165) is 35.7 Å². The first kappa shape index (κ1) is 27.4. The highest BCUT2D eigenvalue weighted by atomic mass is 16.6. The Morgan fingerprint density at radius 2 is 1.62 bits per heavy atom. The van der Waals surface area contributed by atoms with E-state index in [0.29, 0.717) is 23.8 Å². The second-order valence-electron chi connectivity index (χ2n) is 13.0. The summed E-state index contributed by atoms with van der Waals surface area (Å²) < 4.78 is 1.97. The highest BCUT2D eigenvalue weighted by Crippen LogP contribution is 2.47. The number of benzene rings is 1. The SMILES string of the molecule is CC(C)ON=C(CCC(=O)O)c1nc2ccccc2n(C2C[C@H]3CCC[C@@H](C2)N3C2C[C@H]3CCC[C@@H](C2)C3)c1=O. The van der Waals surface area contributed by atoms with Crippen LogP contribution in [0.4, 0.5) is 0 Å². The quantitative estimate of drug-likeness (QED) is 0.325. The maximum atomic E-state index is 14.3. The Balaban J connectivity index is 1.35. The molecule has 2 aliphatic carbocycles. The zero-order valence-corrected chi connectivity index (χ0v) is 24.0. The number of oxime groups is 1. The van der Waals surface area contributed by atoms with Crippen molar-refractivity contribution in [2.24, 2.45) is 17.0 Å². The van der Waals surface area contributed by atoms with Gasteiger partial charge in [-0.25, -0.2) is 4.98 Å². The fraction of sp³-hybridized carbons (Fsp3) is 0.688. The molecule has 1 aromatic carbocycles. The molecule has 8 heteroatoms. The van der Waals surface area contributed by atoms with Crippen LogP contribution in [-0.4, -0.2) is 55.5 Å². The van der Waals surface area contributed by atoms with Gasteiger partial charge in [0, 0.05) is 30.6 Å². The fourth-order valence-electron chi connectivity index (χ4n) is 8.44. The molecule has 6 atom stereocenters. The number of aromatic nitrogens is 2. The number of hydrogen-bond acceptors (Lipinski definition) is 6. The minimum atomic E-state index is -0.939. The molecule has 1 N–H and O–H groups in total. The summed E-state index contributed by atoms with van der Waals surface area (Å²) >= 11 is 0. The molecule has 216 valence electrons. The van der Waals surface area contributed by atoms with Crippen molar-refractivity contribution in [3.63, 3.8) is 0 Å². The van der Waals surface area contributed by atoms with Crippen molar-refractivity contribution >= 4 is 22.7 Å². The largest absolute Gasteiger partial charge is 0.481 e. The molecule has 4 fully saturated rings. The molecule has 3 heterocycles. The maximum Gasteiger partial charge on any atom is 0.303 e. The summed E-state index contributed by atoms with van der Waals surface area (Å²) in [6.07, 6.45) is 13.8. The Morgan fingerprint density at radius 1 is 0.950 bits per heavy atom. The van der Waals surface area contributed by atoms with E-state index < -0.39 is 5.97 Å². The number of carbonyl (C=O) groups is 1. The number of rotatable bonds is 8. The summed E-state index contributed by atoms with van der Waals surface area (Å²) in [6.45, 7) is 3.72. The summed E-state index contributed by atoms with van der Waals surface area (Å²) in [7, 11) is 0. The van der Waals surface area contributed by atoms with Crippen LogP contribution in [0, 0.1) is 11.8 Å². The molecular formula is C32H44N4O4. The second kappa shape index (κ2) is 11.6. The lowest BCUT2D eigenvalue weighted by atomic mass is 9.68. The summed E-state index contributed by atoms with van der Waals surface area (Å²) in [4.78, 5) is 38.8. The van der Waals surface area contributed by atoms with E-state index in [1.54, 1.807) is 0 Å². The molecular weight excluding hydrogens is 504 g/mol. The topological polar surface area (TPSA) is 97.0 Å². The summed E-state index contributed by atoms with van der Waals surface area (Å²) in [5.74, 6) is 0.870. The molecule has 40 heavy (non-hydrogen) atoms. The van der Waals surface area contributed by atoms with E-state index in [1.807, 2.05) is 42.7 Å². The van der Waals surface area contributed by atoms with Gasteiger partial charge in [-0.1, -0.05) is 43.0 Å². The van der Waals surface area contributed by atoms with Crippen molar-refractivity contribution in [3.05, 3.63) is 40.3 Å². The molecule has 0 amide bonds. The number of nitrogens with zero attached hydrogens (tertiary/aromatic N) is 4. The van der Waals surface area contributed by atoms with Gasteiger partial charge < -0.3 is 14.5 Å². The lowest BCUT2D eigenvalue weighted by Crippen LogP contribution is -2.58. The lowest BCUT2D eigenvalue weighted by molar-refractivity contribution is -0.136. The maximum absolute atomic E-state index is 14.3. The Bertz CT molecular complexity index is 1290. The smallest absolute Gasteiger partial charge is 0.303 e. The van der Waals surface area contributed by atoms with Gasteiger partial charge in [-0.05, 0) is 82.8 Å². The fourth-order valence-corrected chi connectivity index (χ4v) is 8.44. The van der Waals surface area contributed by atoms with Crippen LogP contribution >= 0.6 is 0 Å². The van der Waals surface area contributed by atoms with Gasteiger partial charge >= 0.3 is 5.97 Å². The predicted octanol–water partition coefficient (Wildman–Crippen LogP) is 5.92. The molecule has 2 saturated heterocycles. The van der Waals surface area contributed by atoms with E-state index in [1.165, 1.54) is 57.8 Å². The van der Waals surface area contributed by atoms with Crippen LogP contribution in [0.25, 0.3) is 11.0 Å². The number of carboxylic acid groups (broad SMARTS) is 1. The van der Waals surface area contributed by atoms with Crippen molar-refractivity contribution in [3.8, 4) is 0 Å². The van der Waals surface area contributed by atoms with Crippen LogP contribution in [0.2, 0.25) is 0 Å². The number of piperidine rings is 2. The molecule has 8 nitrogen and oxygen atoms in total. The molecule has 4 bridgehead atoms. The monoisotopic (exact) mass is 548 g/mol. The minimum Gasteiger partial charge on any atom is -0.481 e. The van der Waals surface area contributed by atoms with Crippen molar-refractivity contribution in [2.45, 2.75) is 128 Å². The zero-order valence-electron chi connectivity index (χ0n) is 24.0. The zero-order chi connectivity index (χ0) is 27.8. The third-order valence-electron chi connectivity index (χ3n) is 9.91. The molecule has 2 aromatic rings. The Kier molecular flexibility index (Phi) is 7.98. The standard InChI is InChI=1S/C32H44N4O4/c1-20(2)40-34-28(13-14-30(37)38)31-32(39)36(29-12-4-3-11-27(29)33-31)26-18-23-9-6-10-24(19-26)35(23)25-16-21-7-5-8-22(15-21)17-25/h3-4,11-12,20-26H,5-10,13-19H2,1-2H3,(H,37,38)/t21-,22+,23-,24+,25?,26?. The van der Waals surface area contributed by atoms with Crippen LogP contribution in [0.1, 0.15) is 109 Å². The molecule has 2 aliphatic heterocycles. The minimum absolute atomic E-state index is 0.0838. The molecule has 2 unspecified atom stereocenters. The van der Waals surface area contributed by atoms with E-state index in [-0.39, 0.29) is 36.2 Å². The third kappa shape index (κ3) is 5.56. The number of hydrogen-bond donors (Lipinski definition) is 1. The van der Waals surface area contributed by atoms with Gasteiger partial charge in [0.05, 0.1) is 17.5 Å². The van der Waals surface area contributed by atoms with Crippen LogP contribution in [0.15, 0.2) is 34.2 Å².